The maximum absolute atomic E-state index is 5.28. The van der Waals surface area contributed by atoms with Gasteiger partial charge in [0.2, 0.25) is 0 Å². The van der Waals surface area contributed by atoms with Gasteiger partial charge in [0.1, 0.15) is 5.75 Å². The lowest BCUT2D eigenvalue weighted by Crippen LogP contribution is -2.21. The Morgan fingerprint density at radius 1 is 1.22 bits per heavy atom. The van der Waals surface area contributed by atoms with Gasteiger partial charge in [-0.1, -0.05) is 36.0 Å². The summed E-state index contributed by atoms with van der Waals surface area (Å²) in [6.07, 6.45) is 0. The number of nitrogens with one attached hydrogen (secondary N) is 1. The van der Waals surface area contributed by atoms with Crippen LogP contribution in [0, 0.1) is 0 Å². The van der Waals surface area contributed by atoms with Crippen molar-refractivity contribution in [1.29, 1.82) is 0 Å². The quantitative estimate of drug-likeness (QED) is 0.495. The summed E-state index contributed by atoms with van der Waals surface area (Å²) in [5.74, 6) is 1.91. The fourth-order valence-electron chi connectivity index (χ4n) is 2.36. The Labute approximate surface area is 145 Å². The number of ether oxygens (including phenoxy) is 1. The number of thiazole rings is 1. The van der Waals surface area contributed by atoms with Gasteiger partial charge in [-0.2, -0.15) is 0 Å². The van der Waals surface area contributed by atoms with Gasteiger partial charge in [-0.05, 0) is 36.8 Å². The molecule has 5 heteroatoms. The Morgan fingerprint density at radius 3 is 2.91 bits per heavy atom. The summed E-state index contributed by atoms with van der Waals surface area (Å²) in [7, 11) is 1.70. The van der Waals surface area contributed by atoms with E-state index in [0.29, 0.717) is 6.04 Å². The smallest absolute Gasteiger partial charge is 0.151 e. The second kappa shape index (κ2) is 7.81. The number of nitrogens with zero attached hydrogens (tertiary/aromatic N) is 1. The largest absolute Gasteiger partial charge is 0.497 e. The Kier molecular flexibility index (Phi) is 5.54. The van der Waals surface area contributed by atoms with Gasteiger partial charge in [0, 0.05) is 18.3 Å². The summed E-state index contributed by atoms with van der Waals surface area (Å²) in [6, 6.07) is 16.8. The van der Waals surface area contributed by atoms with Crippen LogP contribution in [0.4, 0.5) is 0 Å². The van der Waals surface area contributed by atoms with Crippen LogP contribution in [0.25, 0.3) is 10.2 Å². The second-order valence-electron chi connectivity index (χ2n) is 5.25. The standard InChI is InChI=1S/C18H20N2OS2/c1-13(14-6-5-7-15(12-14)21-2)19-10-11-22-18-20-16-8-3-4-9-17(16)23-18/h3-9,12-13,19H,10-11H2,1-2H3. The zero-order chi connectivity index (χ0) is 16.1. The second-order valence-corrected chi connectivity index (χ2v) is 7.62. The molecule has 3 aromatic rings. The van der Waals surface area contributed by atoms with Crippen molar-refractivity contribution in [3.8, 4) is 5.75 Å². The molecule has 0 aliphatic carbocycles. The minimum Gasteiger partial charge on any atom is -0.497 e. The molecule has 120 valence electrons. The fourth-order valence-corrected chi connectivity index (χ4v) is 4.36. The van der Waals surface area contributed by atoms with Gasteiger partial charge >= 0.3 is 0 Å². The molecule has 0 bridgehead atoms. The molecule has 1 unspecified atom stereocenters. The van der Waals surface area contributed by atoms with Gasteiger partial charge in [0.05, 0.1) is 17.3 Å². The molecule has 2 aromatic carbocycles. The van der Waals surface area contributed by atoms with Gasteiger partial charge in [0.25, 0.3) is 0 Å². The van der Waals surface area contributed by atoms with E-state index in [9.17, 15) is 0 Å². The van der Waals surface area contributed by atoms with Crippen LogP contribution in [-0.4, -0.2) is 24.4 Å². The zero-order valence-electron chi connectivity index (χ0n) is 13.3. The molecule has 1 aromatic heterocycles. The highest BCUT2D eigenvalue weighted by Crippen LogP contribution is 2.29. The molecule has 0 radical (unpaired) electrons. The summed E-state index contributed by atoms with van der Waals surface area (Å²) in [4.78, 5) is 4.65. The monoisotopic (exact) mass is 344 g/mol. The van der Waals surface area contributed by atoms with Crippen molar-refractivity contribution in [2.75, 3.05) is 19.4 Å². The number of benzene rings is 2. The molecule has 1 N–H and O–H groups in total. The Balaban J connectivity index is 1.49. The summed E-state index contributed by atoms with van der Waals surface area (Å²) in [5.41, 5.74) is 2.34. The molecule has 1 heterocycles. The van der Waals surface area contributed by atoms with Crippen molar-refractivity contribution in [3.05, 3.63) is 54.1 Å². The Bertz CT molecular complexity index is 739. The number of aromatic nitrogens is 1. The topological polar surface area (TPSA) is 34.1 Å². The average molecular weight is 345 g/mol. The Hall–Kier alpha value is -1.56. The molecule has 0 spiro atoms. The van der Waals surface area contributed by atoms with E-state index in [4.69, 9.17) is 4.74 Å². The molecule has 23 heavy (non-hydrogen) atoms. The van der Waals surface area contributed by atoms with E-state index in [1.54, 1.807) is 18.4 Å². The van der Waals surface area contributed by atoms with E-state index in [0.717, 1.165) is 27.9 Å². The van der Waals surface area contributed by atoms with Gasteiger partial charge in [-0.15, -0.1) is 11.3 Å². The lowest BCUT2D eigenvalue weighted by molar-refractivity contribution is 0.413. The third-order valence-corrected chi connectivity index (χ3v) is 5.83. The van der Waals surface area contributed by atoms with Gasteiger partial charge in [0.15, 0.2) is 4.34 Å². The number of hydrogen-bond acceptors (Lipinski definition) is 5. The van der Waals surface area contributed by atoms with Crippen molar-refractivity contribution in [1.82, 2.24) is 10.3 Å². The lowest BCUT2D eigenvalue weighted by Gasteiger charge is -2.14. The van der Waals surface area contributed by atoms with E-state index in [-0.39, 0.29) is 0 Å². The summed E-state index contributed by atoms with van der Waals surface area (Å²) >= 11 is 3.58. The first-order valence-corrected chi connectivity index (χ1v) is 9.42. The molecule has 0 amide bonds. The molecule has 0 aliphatic heterocycles. The predicted molar refractivity (Wildman–Crippen MR) is 99.8 cm³/mol. The van der Waals surface area contributed by atoms with E-state index in [1.165, 1.54) is 10.3 Å². The maximum atomic E-state index is 5.28. The van der Waals surface area contributed by atoms with Crippen molar-refractivity contribution in [2.45, 2.75) is 17.3 Å². The van der Waals surface area contributed by atoms with Gasteiger partial charge in [-0.25, -0.2) is 4.98 Å². The van der Waals surface area contributed by atoms with Crippen LogP contribution >= 0.6 is 23.1 Å². The summed E-state index contributed by atoms with van der Waals surface area (Å²) < 4.78 is 7.68. The normalized spacial score (nSPS) is 12.4. The number of methoxy groups -OCH3 is 1. The third-order valence-electron chi connectivity index (χ3n) is 3.65. The first-order chi connectivity index (χ1) is 11.3. The summed E-state index contributed by atoms with van der Waals surface area (Å²) in [6.45, 7) is 3.12. The van der Waals surface area contributed by atoms with Crippen LogP contribution < -0.4 is 10.1 Å². The van der Waals surface area contributed by atoms with E-state index in [1.807, 2.05) is 30.0 Å². The maximum Gasteiger partial charge on any atom is 0.151 e. The fraction of sp³-hybridized carbons (Fsp3) is 0.278. The minimum atomic E-state index is 0.307. The molecular formula is C18H20N2OS2. The average Bonchev–Trinajstić information content (AvgIpc) is 3.01. The van der Waals surface area contributed by atoms with Crippen LogP contribution in [0.3, 0.4) is 0 Å². The van der Waals surface area contributed by atoms with E-state index < -0.39 is 0 Å². The first-order valence-electron chi connectivity index (χ1n) is 7.62. The van der Waals surface area contributed by atoms with Crippen LogP contribution in [0.2, 0.25) is 0 Å². The number of hydrogen-bond donors (Lipinski definition) is 1. The van der Waals surface area contributed by atoms with Crippen molar-refractivity contribution < 1.29 is 4.74 Å². The molecule has 3 rings (SSSR count). The van der Waals surface area contributed by atoms with Crippen LogP contribution in [-0.2, 0) is 0 Å². The molecule has 1 atom stereocenters. The SMILES string of the molecule is COc1cccc(C(C)NCCSc2nc3ccccc3s2)c1. The predicted octanol–water partition coefficient (Wildman–Crippen LogP) is 4.75. The molecule has 3 nitrogen and oxygen atoms in total. The highest BCUT2D eigenvalue weighted by molar-refractivity contribution is 8.01. The van der Waals surface area contributed by atoms with Crippen molar-refractivity contribution in [2.24, 2.45) is 0 Å². The molecule has 0 aliphatic rings. The number of para-hydroxylation sites is 1. The first kappa shape index (κ1) is 16.3. The van der Waals surface area contributed by atoms with Crippen LogP contribution in [0.5, 0.6) is 5.75 Å². The number of rotatable bonds is 7. The van der Waals surface area contributed by atoms with Crippen molar-refractivity contribution in [3.63, 3.8) is 0 Å². The third kappa shape index (κ3) is 4.25. The highest BCUT2D eigenvalue weighted by Gasteiger charge is 2.07. The van der Waals surface area contributed by atoms with Crippen molar-refractivity contribution >= 4 is 33.3 Å². The number of fused-ring (bicyclic) bond motifs is 1. The molecule has 0 fully saturated rings. The molecule has 0 saturated heterocycles. The van der Waals surface area contributed by atoms with E-state index in [2.05, 4.69) is 47.6 Å². The highest BCUT2D eigenvalue weighted by atomic mass is 32.2. The lowest BCUT2D eigenvalue weighted by atomic mass is 10.1. The Morgan fingerprint density at radius 2 is 2.09 bits per heavy atom. The van der Waals surface area contributed by atoms with Crippen LogP contribution in [0.15, 0.2) is 52.9 Å². The van der Waals surface area contributed by atoms with Gasteiger partial charge in [-0.3, -0.25) is 0 Å². The number of thioether (sulfide) groups is 1. The van der Waals surface area contributed by atoms with Crippen LogP contribution in [0.1, 0.15) is 18.5 Å². The van der Waals surface area contributed by atoms with Gasteiger partial charge < -0.3 is 10.1 Å². The molecule has 0 saturated carbocycles. The molecular weight excluding hydrogens is 324 g/mol. The minimum absolute atomic E-state index is 0.307. The summed E-state index contributed by atoms with van der Waals surface area (Å²) in [5, 5.41) is 3.55. The zero-order valence-corrected chi connectivity index (χ0v) is 14.9. The van der Waals surface area contributed by atoms with E-state index >= 15 is 0 Å².